The SMILES string of the molecule is CN1CCN(c2ccc([As]c3ncc4ccn(CCC(N)=O)c4n3)cc2)CC1. The van der Waals surface area contributed by atoms with Crippen molar-refractivity contribution in [2.24, 2.45) is 5.73 Å². The third-order valence-electron chi connectivity index (χ3n) is 5.04. The Morgan fingerprint density at radius 1 is 1.14 bits per heavy atom. The third kappa shape index (κ3) is 4.37. The summed E-state index contributed by atoms with van der Waals surface area (Å²) in [7, 11) is 2.17. The summed E-state index contributed by atoms with van der Waals surface area (Å²) >= 11 is -0.287. The Hall–Kier alpha value is -2.37. The van der Waals surface area contributed by atoms with E-state index >= 15 is 0 Å². The van der Waals surface area contributed by atoms with Crippen LogP contribution < -0.4 is 19.6 Å². The molecule has 1 aromatic carbocycles. The zero-order valence-corrected chi connectivity index (χ0v) is 17.8. The molecule has 1 fully saturated rings. The normalized spacial score (nSPS) is 15.7. The first kappa shape index (κ1) is 19.0. The Bertz CT molecular complexity index is 962. The number of primary amides is 1. The van der Waals surface area contributed by atoms with E-state index in [0.717, 1.165) is 41.8 Å². The topological polar surface area (TPSA) is 80.3 Å². The molecule has 0 saturated carbocycles. The van der Waals surface area contributed by atoms with Gasteiger partial charge in [0.2, 0.25) is 0 Å². The second kappa shape index (κ2) is 8.33. The fraction of sp³-hybridized carbons (Fsp3) is 0.350. The van der Waals surface area contributed by atoms with Crippen LogP contribution in [0.25, 0.3) is 11.0 Å². The Labute approximate surface area is 171 Å². The van der Waals surface area contributed by atoms with Crippen molar-refractivity contribution in [1.29, 1.82) is 0 Å². The summed E-state index contributed by atoms with van der Waals surface area (Å²) in [5.41, 5.74) is 7.43. The maximum atomic E-state index is 11.1. The molecular formula is C20H24AsN6O. The van der Waals surface area contributed by atoms with E-state index in [2.05, 4.69) is 46.1 Å². The van der Waals surface area contributed by atoms with Crippen molar-refractivity contribution in [1.82, 2.24) is 19.4 Å². The Morgan fingerprint density at radius 2 is 1.89 bits per heavy atom. The summed E-state index contributed by atoms with van der Waals surface area (Å²) in [5, 5.41) is 0.986. The molecule has 0 bridgehead atoms. The number of piperazine rings is 1. The summed E-state index contributed by atoms with van der Waals surface area (Å²) < 4.78 is 4.13. The van der Waals surface area contributed by atoms with E-state index in [1.165, 1.54) is 10.0 Å². The van der Waals surface area contributed by atoms with Crippen molar-refractivity contribution in [2.45, 2.75) is 13.0 Å². The van der Waals surface area contributed by atoms with Gasteiger partial charge in [0.1, 0.15) is 0 Å². The standard InChI is InChI=1S/C20H24AsN6O/c1-25-10-12-26(13-11-25)17-4-2-16(3-5-17)21-20-23-14-15-6-8-27(19(15)24-20)9-7-18(22)28/h2-6,8,14H,7,9-13H2,1H3,(H2,22,28). The molecule has 0 unspecified atom stereocenters. The van der Waals surface area contributed by atoms with Crippen LogP contribution in [0.1, 0.15) is 6.42 Å². The molecule has 3 aromatic rings. The van der Waals surface area contributed by atoms with Gasteiger partial charge in [-0.25, -0.2) is 0 Å². The van der Waals surface area contributed by atoms with Gasteiger partial charge in [0.25, 0.3) is 0 Å². The van der Waals surface area contributed by atoms with Crippen molar-refractivity contribution in [3.8, 4) is 0 Å². The van der Waals surface area contributed by atoms with Gasteiger partial charge in [-0.15, -0.1) is 0 Å². The van der Waals surface area contributed by atoms with Crippen molar-refractivity contribution in [3.05, 3.63) is 42.7 Å². The molecular weight excluding hydrogens is 415 g/mol. The first-order valence-electron chi connectivity index (χ1n) is 9.44. The number of fused-ring (bicyclic) bond motifs is 1. The van der Waals surface area contributed by atoms with E-state index < -0.39 is 0 Å². The molecule has 7 nitrogen and oxygen atoms in total. The van der Waals surface area contributed by atoms with E-state index in [1.54, 1.807) is 0 Å². The van der Waals surface area contributed by atoms with Crippen LogP contribution in [0.4, 0.5) is 5.69 Å². The van der Waals surface area contributed by atoms with Gasteiger partial charge in [-0.3, -0.25) is 0 Å². The number of aryl methyl sites for hydroxylation is 1. The van der Waals surface area contributed by atoms with Gasteiger partial charge in [0, 0.05) is 0 Å². The number of carbonyl (C=O) groups is 1. The number of rotatable bonds is 6. The van der Waals surface area contributed by atoms with Crippen LogP contribution in [0.5, 0.6) is 0 Å². The molecule has 4 rings (SSSR count). The molecule has 0 atom stereocenters. The summed E-state index contributed by atoms with van der Waals surface area (Å²) in [6.45, 7) is 4.91. The van der Waals surface area contributed by atoms with Crippen LogP contribution in [-0.2, 0) is 11.3 Å². The van der Waals surface area contributed by atoms with E-state index in [9.17, 15) is 4.79 Å². The molecule has 8 heteroatoms. The monoisotopic (exact) mass is 439 g/mol. The molecule has 1 aliphatic heterocycles. The number of hydrogen-bond donors (Lipinski definition) is 1. The molecule has 0 spiro atoms. The van der Waals surface area contributed by atoms with Gasteiger partial charge in [0.15, 0.2) is 0 Å². The van der Waals surface area contributed by atoms with Crippen molar-refractivity contribution >= 4 is 47.3 Å². The number of amides is 1. The molecule has 2 aromatic heterocycles. The predicted octanol–water partition coefficient (Wildman–Crippen LogP) is -0.286. The molecule has 28 heavy (non-hydrogen) atoms. The molecule has 145 valence electrons. The van der Waals surface area contributed by atoms with Crippen LogP contribution in [-0.4, -0.2) is 74.3 Å². The number of benzene rings is 1. The molecule has 3 heterocycles. The van der Waals surface area contributed by atoms with Gasteiger partial charge in [-0.05, 0) is 0 Å². The zero-order valence-electron chi connectivity index (χ0n) is 16.0. The fourth-order valence-corrected chi connectivity index (χ4v) is 5.00. The number of likely N-dealkylation sites (N-methyl/N-ethyl adjacent to an activating group) is 1. The number of aromatic nitrogens is 3. The van der Waals surface area contributed by atoms with Gasteiger partial charge in [-0.2, -0.15) is 0 Å². The predicted molar refractivity (Wildman–Crippen MR) is 113 cm³/mol. The molecule has 1 saturated heterocycles. The van der Waals surface area contributed by atoms with E-state index in [4.69, 9.17) is 10.7 Å². The molecule has 0 aliphatic carbocycles. The first-order valence-corrected chi connectivity index (χ1v) is 11.3. The van der Waals surface area contributed by atoms with Crippen LogP contribution in [0.3, 0.4) is 0 Å². The van der Waals surface area contributed by atoms with E-state index in [1.807, 2.05) is 23.0 Å². The second-order valence-electron chi connectivity index (χ2n) is 7.09. The van der Waals surface area contributed by atoms with Crippen molar-refractivity contribution < 1.29 is 4.79 Å². The van der Waals surface area contributed by atoms with Crippen molar-refractivity contribution in [3.63, 3.8) is 0 Å². The molecule has 1 amide bonds. The maximum absolute atomic E-state index is 11.1. The number of anilines is 1. The average molecular weight is 439 g/mol. The van der Waals surface area contributed by atoms with E-state index in [0.29, 0.717) is 13.0 Å². The van der Waals surface area contributed by atoms with Crippen LogP contribution in [0.2, 0.25) is 0 Å². The minimum absolute atomic E-state index is 0.287. The summed E-state index contributed by atoms with van der Waals surface area (Å²) in [6, 6.07) is 10.8. The Kier molecular flexibility index (Phi) is 5.64. The second-order valence-corrected chi connectivity index (χ2v) is 9.48. The fourth-order valence-electron chi connectivity index (χ4n) is 3.34. The van der Waals surface area contributed by atoms with Gasteiger partial charge in [-0.1, -0.05) is 0 Å². The molecule has 1 aliphatic rings. The third-order valence-corrected chi connectivity index (χ3v) is 7.07. The van der Waals surface area contributed by atoms with Gasteiger partial charge >= 0.3 is 171 Å². The Balaban J connectivity index is 1.47. The number of nitrogens with two attached hydrogens (primary N) is 1. The quantitative estimate of drug-likeness (QED) is 0.535. The van der Waals surface area contributed by atoms with E-state index in [-0.39, 0.29) is 21.7 Å². The number of carbonyl (C=O) groups excluding carboxylic acids is 1. The number of nitrogens with zero attached hydrogens (tertiary/aromatic N) is 5. The van der Waals surface area contributed by atoms with Gasteiger partial charge < -0.3 is 0 Å². The van der Waals surface area contributed by atoms with Crippen molar-refractivity contribution in [2.75, 3.05) is 38.1 Å². The zero-order chi connectivity index (χ0) is 19.5. The average Bonchev–Trinajstić information content (AvgIpc) is 3.10. The molecule has 1 radical (unpaired) electrons. The molecule has 2 N–H and O–H groups in total. The van der Waals surface area contributed by atoms with Gasteiger partial charge in [0.05, 0.1) is 0 Å². The van der Waals surface area contributed by atoms with Crippen LogP contribution in [0, 0.1) is 0 Å². The summed E-state index contributed by atoms with van der Waals surface area (Å²) in [6.07, 6.45) is 4.12. The van der Waals surface area contributed by atoms with Crippen LogP contribution >= 0.6 is 0 Å². The summed E-state index contributed by atoms with van der Waals surface area (Å²) in [4.78, 5) is 25.2. The minimum atomic E-state index is -0.303. The Morgan fingerprint density at radius 3 is 2.61 bits per heavy atom. The summed E-state index contributed by atoms with van der Waals surface area (Å²) in [5.74, 6) is -0.303. The van der Waals surface area contributed by atoms with Crippen LogP contribution in [0.15, 0.2) is 42.7 Å². The number of hydrogen-bond acceptors (Lipinski definition) is 5. The first-order chi connectivity index (χ1) is 13.6.